The van der Waals surface area contributed by atoms with Crippen LogP contribution in [0.5, 0.6) is 17.2 Å². The molecular weight excluding hydrogens is 434 g/mol. The molecule has 0 aliphatic carbocycles. The maximum atomic E-state index is 13.3. The van der Waals surface area contributed by atoms with Crippen LogP contribution in [-0.2, 0) is 11.3 Å². The Morgan fingerprint density at radius 3 is 2.35 bits per heavy atom. The summed E-state index contributed by atoms with van der Waals surface area (Å²) in [5.74, 6) is 1.40. The summed E-state index contributed by atoms with van der Waals surface area (Å²) in [6, 6.07) is 14.1. The van der Waals surface area contributed by atoms with Gasteiger partial charge in [-0.2, -0.15) is 0 Å². The van der Waals surface area contributed by atoms with Crippen molar-refractivity contribution in [2.75, 3.05) is 26.6 Å². The highest BCUT2D eigenvalue weighted by molar-refractivity contribution is 5.99. The van der Waals surface area contributed by atoms with Crippen molar-refractivity contribution in [1.29, 1.82) is 0 Å². The van der Waals surface area contributed by atoms with Crippen LogP contribution >= 0.6 is 0 Å². The number of methoxy groups -OCH3 is 3. The van der Waals surface area contributed by atoms with Crippen LogP contribution < -0.4 is 19.5 Å². The Kier molecular flexibility index (Phi) is 6.67. The molecule has 0 saturated heterocycles. The number of ether oxygens (including phenoxy) is 3. The van der Waals surface area contributed by atoms with Crippen molar-refractivity contribution in [3.05, 3.63) is 77.0 Å². The zero-order valence-corrected chi connectivity index (χ0v) is 19.6. The van der Waals surface area contributed by atoms with E-state index < -0.39 is 6.04 Å². The fraction of sp³-hybridized carbons (Fsp3) is 0.269. The van der Waals surface area contributed by atoms with Crippen molar-refractivity contribution in [2.24, 2.45) is 0 Å². The molecule has 2 aromatic carbocycles. The molecule has 0 fully saturated rings. The third kappa shape index (κ3) is 4.52. The molecule has 0 radical (unpaired) electrons. The summed E-state index contributed by atoms with van der Waals surface area (Å²) in [6.45, 7) is 2.32. The van der Waals surface area contributed by atoms with E-state index in [4.69, 9.17) is 14.2 Å². The second-order valence-corrected chi connectivity index (χ2v) is 8.04. The molecule has 4 rings (SSSR count). The summed E-state index contributed by atoms with van der Waals surface area (Å²) in [7, 11) is 4.59. The fourth-order valence-electron chi connectivity index (χ4n) is 4.14. The number of benzene rings is 2. The number of pyridine rings is 1. The zero-order chi connectivity index (χ0) is 24.2. The second-order valence-electron chi connectivity index (χ2n) is 8.04. The van der Waals surface area contributed by atoms with Gasteiger partial charge in [-0.25, -0.2) is 4.98 Å². The molecule has 2 amide bonds. The molecule has 0 bridgehead atoms. The lowest BCUT2D eigenvalue weighted by atomic mass is 10.00. The lowest BCUT2D eigenvalue weighted by molar-refractivity contribution is -0.117. The average molecular weight is 462 g/mol. The van der Waals surface area contributed by atoms with Gasteiger partial charge in [0.15, 0.2) is 11.5 Å². The van der Waals surface area contributed by atoms with Crippen LogP contribution in [0, 0.1) is 6.92 Å². The Morgan fingerprint density at radius 2 is 1.76 bits per heavy atom. The molecule has 1 atom stereocenters. The summed E-state index contributed by atoms with van der Waals surface area (Å²) in [6.07, 6.45) is 1.71. The fourth-order valence-corrected chi connectivity index (χ4v) is 4.14. The van der Waals surface area contributed by atoms with Crippen LogP contribution in [-0.4, -0.2) is 43.0 Å². The third-order valence-electron chi connectivity index (χ3n) is 5.85. The topological polar surface area (TPSA) is 90.0 Å². The van der Waals surface area contributed by atoms with E-state index in [-0.39, 0.29) is 18.2 Å². The van der Waals surface area contributed by atoms with E-state index in [9.17, 15) is 9.59 Å². The first-order valence-corrected chi connectivity index (χ1v) is 10.9. The van der Waals surface area contributed by atoms with E-state index in [1.54, 1.807) is 35.4 Å². The molecule has 0 saturated carbocycles. The van der Waals surface area contributed by atoms with Gasteiger partial charge in [0.05, 0.1) is 33.8 Å². The number of hydrogen-bond donors (Lipinski definition) is 1. The van der Waals surface area contributed by atoms with E-state index in [1.165, 1.54) is 21.3 Å². The Balaban J connectivity index is 1.71. The second kappa shape index (κ2) is 9.82. The van der Waals surface area contributed by atoms with E-state index in [2.05, 4.69) is 10.3 Å². The number of nitrogens with zero attached hydrogens (tertiary/aromatic N) is 2. The monoisotopic (exact) mass is 461 g/mol. The number of aromatic nitrogens is 1. The quantitative estimate of drug-likeness (QED) is 0.542. The Hall–Kier alpha value is -4.07. The predicted molar refractivity (Wildman–Crippen MR) is 127 cm³/mol. The van der Waals surface area contributed by atoms with Gasteiger partial charge in [-0.15, -0.1) is 0 Å². The maximum Gasteiger partial charge on any atom is 0.255 e. The predicted octanol–water partition coefficient (Wildman–Crippen LogP) is 4.14. The summed E-state index contributed by atoms with van der Waals surface area (Å²) in [5, 5.41) is 2.83. The molecule has 1 aromatic heterocycles. The lowest BCUT2D eigenvalue weighted by Gasteiger charge is -2.29. The number of aryl methyl sites for hydroxylation is 1. The summed E-state index contributed by atoms with van der Waals surface area (Å²) in [5.41, 5.74) is 3.25. The summed E-state index contributed by atoms with van der Waals surface area (Å²) < 4.78 is 16.5. The highest BCUT2D eigenvalue weighted by Crippen LogP contribution is 2.43. The first kappa shape index (κ1) is 23.1. The molecule has 1 aliphatic heterocycles. The first-order valence-electron chi connectivity index (χ1n) is 10.9. The number of fused-ring (bicyclic) bond motifs is 1. The molecular formula is C26H27N3O5. The summed E-state index contributed by atoms with van der Waals surface area (Å²) in [4.78, 5) is 32.3. The van der Waals surface area contributed by atoms with Crippen molar-refractivity contribution >= 4 is 17.6 Å². The van der Waals surface area contributed by atoms with Gasteiger partial charge in [0.25, 0.3) is 5.91 Å². The number of nitrogens with one attached hydrogen (secondary N) is 1. The van der Waals surface area contributed by atoms with Gasteiger partial charge >= 0.3 is 0 Å². The maximum absolute atomic E-state index is 13.3. The number of carbonyl (C=O) groups excluding carboxylic acids is 2. The number of rotatable bonds is 8. The molecule has 8 nitrogen and oxygen atoms in total. The molecule has 0 unspecified atom stereocenters. The van der Waals surface area contributed by atoms with Gasteiger partial charge in [0.1, 0.15) is 5.82 Å². The Morgan fingerprint density at radius 1 is 1.06 bits per heavy atom. The molecule has 34 heavy (non-hydrogen) atoms. The number of anilines is 1. The highest BCUT2D eigenvalue weighted by atomic mass is 16.5. The minimum Gasteiger partial charge on any atom is -0.493 e. The van der Waals surface area contributed by atoms with Crippen LogP contribution in [0.3, 0.4) is 0 Å². The van der Waals surface area contributed by atoms with E-state index in [1.807, 2.05) is 31.2 Å². The van der Waals surface area contributed by atoms with Crippen molar-refractivity contribution < 1.29 is 23.8 Å². The standard InChI is InChI=1S/C26H27N3O5/c1-16-9-10-23(27-14-16)28-24(30)13-20(29-15-17-7-5-6-8-19(17)26(29)31)18-11-21(32-2)25(34-4)22(12-18)33-3/h5-12,14,20H,13,15H2,1-4H3,(H,27,28,30)/t20-/m1/s1. The Bertz CT molecular complexity index is 1180. The normalized spacial score (nSPS) is 13.3. The molecule has 0 spiro atoms. The van der Waals surface area contributed by atoms with E-state index in [0.717, 1.165) is 11.1 Å². The smallest absolute Gasteiger partial charge is 0.255 e. The number of carbonyl (C=O) groups is 2. The molecule has 8 heteroatoms. The molecule has 3 aromatic rings. The van der Waals surface area contributed by atoms with Gasteiger partial charge < -0.3 is 24.4 Å². The van der Waals surface area contributed by atoms with Crippen LogP contribution in [0.15, 0.2) is 54.7 Å². The number of hydrogen-bond acceptors (Lipinski definition) is 6. The van der Waals surface area contributed by atoms with Gasteiger partial charge in [-0.1, -0.05) is 24.3 Å². The molecule has 2 heterocycles. The Labute approximate surface area is 198 Å². The van der Waals surface area contributed by atoms with Crippen molar-refractivity contribution in [3.8, 4) is 17.2 Å². The van der Waals surface area contributed by atoms with Gasteiger partial charge in [-0.05, 0) is 47.9 Å². The van der Waals surface area contributed by atoms with Crippen molar-refractivity contribution in [1.82, 2.24) is 9.88 Å². The minimum absolute atomic E-state index is 0.0217. The SMILES string of the molecule is COc1cc([C@@H](CC(=O)Nc2ccc(C)cn2)N2Cc3ccccc3C2=O)cc(OC)c1OC. The van der Waals surface area contributed by atoms with Gasteiger partial charge in [0.2, 0.25) is 11.7 Å². The molecule has 1 aliphatic rings. The third-order valence-corrected chi connectivity index (χ3v) is 5.85. The lowest BCUT2D eigenvalue weighted by Crippen LogP contribution is -2.32. The van der Waals surface area contributed by atoms with Crippen LogP contribution in [0.4, 0.5) is 5.82 Å². The first-order chi connectivity index (χ1) is 16.4. The summed E-state index contributed by atoms with van der Waals surface area (Å²) >= 11 is 0. The van der Waals surface area contributed by atoms with Gasteiger partial charge in [-0.3, -0.25) is 9.59 Å². The van der Waals surface area contributed by atoms with Crippen molar-refractivity contribution in [2.45, 2.75) is 25.9 Å². The minimum atomic E-state index is -0.570. The number of amides is 2. The zero-order valence-electron chi connectivity index (χ0n) is 19.6. The molecule has 176 valence electrons. The van der Waals surface area contributed by atoms with Crippen molar-refractivity contribution in [3.63, 3.8) is 0 Å². The largest absolute Gasteiger partial charge is 0.493 e. The average Bonchev–Trinajstić information content (AvgIpc) is 3.19. The van der Waals surface area contributed by atoms with E-state index in [0.29, 0.717) is 40.7 Å². The highest BCUT2D eigenvalue weighted by Gasteiger charge is 2.35. The van der Waals surface area contributed by atoms with Crippen LogP contribution in [0.1, 0.15) is 39.5 Å². The van der Waals surface area contributed by atoms with Crippen LogP contribution in [0.2, 0.25) is 0 Å². The molecule has 1 N–H and O–H groups in total. The van der Waals surface area contributed by atoms with E-state index >= 15 is 0 Å². The van der Waals surface area contributed by atoms with Gasteiger partial charge in [0, 0.05) is 18.3 Å². The van der Waals surface area contributed by atoms with Crippen LogP contribution in [0.25, 0.3) is 0 Å².